The van der Waals surface area contributed by atoms with Gasteiger partial charge in [-0.05, 0) is 79.2 Å². The molecule has 0 aromatic carbocycles. The van der Waals surface area contributed by atoms with E-state index in [2.05, 4.69) is 38.1 Å². The van der Waals surface area contributed by atoms with E-state index in [-0.39, 0.29) is 11.5 Å². The number of aliphatic hydroxyl groups is 1. The van der Waals surface area contributed by atoms with Crippen molar-refractivity contribution in [2.75, 3.05) is 0 Å². The Bertz CT molecular complexity index is 697. The molecule has 1 aromatic heterocycles. The second-order valence-electron chi connectivity index (χ2n) is 9.39. The fourth-order valence-electron chi connectivity index (χ4n) is 6.95. The Morgan fingerprint density at radius 3 is 2.88 bits per heavy atom. The number of fused-ring (bicyclic) bond motifs is 7. The first-order valence-corrected chi connectivity index (χ1v) is 9.83. The molecule has 128 valence electrons. The van der Waals surface area contributed by atoms with Crippen molar-refractivity contribution in [3.63, 3.8) is 0 Å². The van der Waals surface area contributed by atoms with Gasteiger partial charge in [-0.15, -0.1) is 0 Å². The predicted molar refractivity (Wildman–Crippen MR) is 95.6 cm³/mol. The van der Waals surface area contributed by atoms with E-state index < -0.39 is 0 Å². The summed E-state index contributed by atoms with van der Waals surface area (Å²) in [5.74, 6) is 2.76. The summed E-state index contributed by atoms with van der Waals surface area (Å²) in [5.41, 5.74) is 3.53. The number of aromatic nitrogens is 1. The van der Waals surface area contributed by atoms with Crippen LogP contribution in [0.1, 0.15) is 57.2 Å². The van der Waals surface area contributed by atoms with Crippen molar-refractivity contribution >= 4 is 0 Å². The smallest absolute Gasteiger partial charge is 0.0546 e. The molecule has 0 radical (unpaired) electrons. The summed E-state index contributed by atoms with van der Waals surface area (Å²) in [5, 5.41) is 10.1. The summed E-state index contributed by atoms with van der Waals surface area (Å²) in [4.78, 5) is 4.80. The molecule has 1 aromatic rings. The van der Waals surface area contributed by atoms with Crippen LogP contribution in [0.2, 0.25) is 0 Å². The standard InChI is InChI=1S/C22H29NO/c1-21-9-7-16(24)13-15(21)5-6-17-18(21)8-10-22(2)19(17)12-14-4-3-11-23-20(14)22/h3-6,11,15-19,24H,7-10,12-13H2,1-2H3/t15?,16?,17-,18+,19+,21+,22+/m1/s1. The van der Waals surface area contributed by atoms with Crippen LogP contribution in [0.15, 0.2) is 30.5 Å². The molecule has 4 aliphatic carbocycles. The fourth-order valence-corrected chi connectivity index (χ4v) is 6.95. The summed E-state index contributed by atoms with van der Waals surface area (Å²) in [6, 6.07) is 4.41. The zero-order valence-corrected chi connectivity index (χ0v) is 14.9. The highest BCUT2D eigenvalue weighted by molar-refractivity contribution is 5.37. The number of aliphatic hydroxyl groups excluding tert-OH is 1. The Labute approximate surface area is 145 Å². The highest BCUT2D eigenvalue weighted by Gasteiger charge is 2.58. The quantitative estimate of drug-likeness (QED) is 0.723. The number of nitrogens with zero attached hydrogens (tertiary/aromatic N) is 1. The molecule has 2 fully saturated rings. The SMILES string of the molecule is C[C@]12CCC(O)CC1C=C[C@@H]1[C@@H]2CC[C@]2(C)c3ncccc3C[C@@H]12. The van der Waals surface area contributed by atoms with Gasteiger partial charge in [0.15, 0.2) is 0 Å². The Balaban J connectivity index is 1.54. The molecule has 1 heterocycles. The van der Waals surface area contributed by atoms with Crippen molar-refractivity contribution in [1.29, 1.82) is 0 Å². The van der Waals surface area contributed by atoms with Gasteiger partial charge in [-0.1, -0.05) is 32.1 Å². The summed E-state index contributed by atoms with van der Waals surface area (Å²) in [6.45, 7) is 4.99. The molecule has 4 aliphatic rings. The lowest BCUT2D eigenvalue weighted by molar-refractivity contribution is -0.0584. The van der Waals surface area contributed by atoms with Crippen LogP contribution in [0.3, 0.4) is 0 Å². The lowest BCUT2D eigenvalue weighted by Crippen LogP contribution is -2.52. The minimum Gasteiger partial charge on any atom is -0.393 e. The van der Waals surface area contributed by atoms with E-state index in [1.54, 1.807) is 0 Å². The van der Waals surface area contributed by atoms with E-state index in [1.807, 2.05) is 6.20 Å². The van der Waals surface area contributed by atoms with Gasteiger partial charge >= 0.3 is 0 Å². The maximum absolute atomic E-state index is 10.1. The molecule has 5 rings (SSSR count). The largest absolute Gasteiger partial charge is 0.393 e. The Morgan fingerprint density at radius 2 is 2.00 bits per heavy atom. The maximum atomic E-state index is 10.1. The van der Waals surface area contributed by atoms with Gasteiger partial charge < -0.3 is 5.11 Å². The lowest BCUT2D eigenvalue weighted by Gasteiger charge is -2.57. The Kier molecular flexibility index (Phi) is 3.11. The molecular weight excluding hydrogens is 294 g/mol. The first-order valence-electron chi connectivity index (χ1n) is 9.83. The van der Waals surface area contributed by atoms with Gasteiger partial charge in [0.25, 0.3) is 0 Å². The average molecular weight is 323 g/mol. The van der Waals surface area contributed by atoms with Crippen molar-refractivity contribution in [3.8, 4) is 0 Å². The van der Waals surface area contributed by atoms with Gasteiger partial charge in [0.1, 0.15) is 0 Å². The molecule has 0 bridgehead atoms. The van der Waals surface area contributed by atoms with Gasteiger partial charge in [0.05, 0.1) is 6.10 Å². The fraction of sp³-hybridized carbons (Fsp3) is 0.682. The normalized spacial score (nSPS) is 49.0. The van der Waals surface area contributed by atoms with Crippen LogP contribution in [0.4, 0.5) is 0 Å². The number of allylic oxidation sites excluding steroid dienone is 2. The second-order valence-corrected chi connectivity index (χ2v) is 9.39. The first-order chi connectivity index (χ1) is 11.5. The molecule has 7 atom stereocenters. The van der Waals surface area contributed by atoms with Crippen LogP contribution < -0.4 is 0 Å². The Morgan fingerprint density at radius 1 is 1.12 bits per heavy atom. The van der Waals surface area contributed by atoms with E-state index in [9.17, 15) is 5.11 Å². The molecule has 2 unspecified atom stereocenters. The van der Waals surface area contributed by atoms with Gasteiger partial charge in [-0.2, -0.15) is 0 Å². The predicted octanol–water partition coefficient (Wildman–Crippen LogP) is 4.27. The molecule has 0 saturated heterocycles. The topological polar surface area (TPSA) is 33.1 Å². The van der Waals surface area contributed by atoms with E-state index in [0.29, 0.717) is 23.2 Å². The minimum absolute atomic E-state index is 0.0851. The maximum Gasteiger partial charge on any atom is 0.0546 e. The average Bonchev–Trinajstić information content (AvgIpc) is 2.89. The van der Waals surface area contributed by atoms with Crippen molar-refractivity contribution in [2.24, 2.45) is 29.1 Å². The molecule has 0 spiro atoms. The van der Waals surface area contributed by atoms with Crippen molar-refractivity contribution in [1.82, 2.24) is 4.98 Å². The van der Waals surface area contributed by atoms with Crippen molar-refractivity contribution in [3.05, 3.63) is 41.7 Å². The van der Waals surface area contributed by atoms with Crippen molar-refractivity contribution < 1.29 is 5.11 Å². The van der Waals surface area contributed by atoms with Gasteiger partial charge in [-0.3, -0.25) is 4.98 Å². The van der Waals surface area contributed by atoms with Gasteiger partial charge in [0.2, 0.25) is 0 Å². The molecule has 2 saturated carbocycles. The number of hydrogen-bond acceptors (Lipinski definition) is 2. The third-order valence-corrected chi connectivity index (χ3v) is 8.40. The minimum atomic E-state index is -0.0851. The van der Waals surface area contributed by atoms with Crippen LogP contribution in [-0.4, -0.2) is 16.2 Å². The first kappa shape index (κ1) is 15.1. The molecule has 2 heteroatoms. The summed E-state index contributed by atoms with van der Waals surface area (Å²) in [7, 11) is 0. The molecular formula is C22H29NO. The zero-order valence-electron chi connectivity index (χ0n) is 14.9. The summed E-state index contributed by atoms with van der Waals surface area (Å²) >= 11 is 0. The molecule has 24 heavy (non-hydrogen) atoms. The third kappa shape index (κ3) is 1.84. The van der Waals surface area contributed by atoms with E-state index in [4.69, 9.17) is 4.98 Å². The van der Waals surface area contributed by atoms with Crippen molar-refractivity contribution in [2.45, 2.75) is 63.9 Å². The van der Waals surface area contributed by atoms with E-state index >= 15 is 0 Å². The van der Waals surface area contributed by atoms with Gasteiger partial charge in [0, 0.05) is 17.3 Å². The second kappa shape index (κ2) is 4.94. The lowest BCUT2D eigenvalue weighted by atomic mass is 9.47. The molecule has 0 aliphatic heterocycles. The number of hydrogen-bond donors (Lipinski definition) is 1. The van der Waals surface area contributed by atoms with Crippen LogP contribution in [0.5, 0.6) is 0 Å². The van der Waals surface area contributed by atoms with Crippen LogP contribution in [0.25, 0.3) is 0 Å². The molecule has 2 nitrogen and oxygen atoms in total. The highest BCUT2D eigenvalue weighted by Crippen LogP contribution is 2.63. The van der Waals surface area contributed by atoms with Crippen LogP contribution in [-0.2, 0) is 11.8 Å². The number of rotatable bonds is 0. The number of pyridine rings is 1. The Hall–Kier alpha value is -1.15. The highest BCUT2D eigenvalue weighted by atomic mass is 16.3. The summed E-state index contributed by atoms with van der Waals surface area (Å²) < 4.78 is 0. The monoisotopic (exact) mass is 323 g/mol. The third-order valence-electron chi connectivity index (χ3n) is 8.40. The van der Waals surface area contributed by atoms with Crippen LogP contribution in [0, 0.1) is 29.1 Å². The van der Waals surface area contributed by atoms with Crippen LogP contribution >= 0.6 is 0 Å². The van der Waals surface area contributed by atoms with Gasteiger partial charge in [-0.25, -0.2) is 0 Å². The van der Waals surface area contributed by atoms with E-state index in [1.165, 1.54) is 36.9 Å². The molecule has 0 amide bonds. The molecule has 1 N–H and O–H groups in total. The van der Waals surface area contributed by atoms with E-state index in [0.717, 1.165) is 18.8 Å². The zero-order chi connectivity index (χ0) is 16.5. The summed E-state index contributed by atoms with van der Waals surface area (Å²) in [6.07, 6.45) is 13.9.